The maximum Gasteiger partial charge on any atom is 0.327 e. The number of hydrogen-bond donors (Lipinski definition) is 2. The maximum absolute atomic E-state index is 13.5. The van der Waals surface area contributed by atoms with Gasteiger partial charge in [-0.1, -0.05) is 13.0 Å². The van der Waals surface area contributed by atoms with Crippen molar-refractivity contribution in [1.82, 2.24) is 4.90 Å². The fraction of sp³-hybridized carbons (Fsp3) is 0.429. The van der Waals surface area contributed by atoms with Gasteiger partial charge in [0.2, 0.25) is 0 Å². The number of aliphatic carboxylic acids is 1. The third-order valence-electron chi connectivity index (χ3n) is 3.47. The number of carbonyl (C=O) groups excluding carboxylic acids is 1. The van der Waals surface area contributed by atoms with Gasteiger partial charge in [-0.3, -0.25) is 4.90 Å². The Hall–Kier alpha value is -1.76. The first-order chi connectivity index (χ1) is 9.95. The fourth-order valence-corrected chi connectivity index (χ4v) is 3.61. The molecule has 0 aromatic heterocycles. The summed E-state index contributed by atoms with van der Waals surface area (Å²) in [6, 6.07) is 3.05. The standard InChI is InChI=1S/C14H17FN2O3S/c1-3-12-17(11(7-21-12)13(18)19)14(20)16-10-6-4-5-9(15)8(10)2/h4-6,11-12H,3,7H2,1-2H3,(H,16,20)(H,18,19). The SMILES string of the molecule is CCC1SCC(C(=O)O)N1C(=O)Nc1cccc(F)c1C. The third-order valence-corrected chi connectivity index (χ3v) is 4.92. The summed E-state index contributed by atoms with van der Waals surface area (Å²) in [6.07, 6.45) is 0.657. The molecule has 0 aliphatic carbocycles. The van der Waals surface area contributed by atoms with E-state index < -0.39 is 23.9 Å². The Morgan fingerprint density at radius 1 is 1.52 bits per heavy atom. The summed E-state index contributed by atoms with van der Waals surface area (Å²) >= 11 is 1.44. The van der Waals surface area contributed by atoms with Crippen LogP contribution in [0.25, 0.3) is 0 Å². The van der Waals surface area contributed by atoms with E-state index in [9.17, 15) is 19.1 Å². The molecule has 1 aliphatic rings. The monoisotopic (exact) mass is 312 g/mol. The van der Waals surface area contributed by atoms with E-state index in [4.69, 9.17) is 0 Å². The summed E-state index contributed by atoms with van der Waals surface area (Å²) in [5.41, 5.74) is 0.688. The molecule has 21 heavy (non-hydrogen) atoms. The first-order valence-corrected chi connectivity index (χ1v) is 7.69. The van der Waals surface area contributed by atoms with Gasteiger partial charge in [0.15, 0.2) is 0 Å². The number of nitrogens with one attached hydrogen (secondary N) is 1. The summed E-state index contributed by atoms with van der Waals surface area (Å²) in [6.45, 7) is 3.46. The molecule has 1 fully saturated rings. The van der Waals surface area contributed by atoms with Crippen LogP contribution in [0.2, 0.25) is 0 Å². The van der Waals surface area contributed by atoms with Crippen LogP contribution >= 0.6 is 11.8 Å². The van der Waals surface area contributed by atoms with Crippen LogP contribution < -0.4 is 5.32 Å². The molecule has 1 saturated heterocycles. The average molecular weight is 312 g/mol. The molecular formula is C14H17FN2O3S. The Balaban J connectivity index is 2.21. The van der Waals surface area contributed by atoms with E-state index in [1.165, 1.54) is 28.8 Å². The van der Waals surface area contributed by atoms with Crippen molar-refractivity contribution in [2.75, 3.05) is 11.1 Å². The lowest BCUT2D eigenvalue weighted by Crippen LogP contribution is -2.47. The van der Waals surface area contributed by atoms with E-state index in [0.29, 0.717) is 23.4 Å². The number of nitrogens with zero attached hydrogens (tertiary/aromatic N) is 1. The zero-order chi connectivity index (χ0) is 15.6. The molecule has 114 valence electrons. The second-order valence-electron chi connectivity index (χ2n) is 4.80. The second kappa shape index (κ2) is 6.34. The molecule has 2 atom stereocenters. The van der Waals surface area contributed by atoms with Crippen molar-refractivity contribution in [3.63, 3.8) is 0 Å². The zero-order valence-electron chi connectivity index (χ0n) is 11.8. The van der Waals surface area contributed by atoms with Crippen LogP contribution in [0, 0.1) is 12.7 Å². The second-order valence-corrected chi connectivity index (χ2v) is 6.01. The van der Waals surface area contributed by atoms with Crippen LogP contribution in [0.1, 0.15) is 18.9 Å². The molecule has 2 amide bonds. The molecule has 2 N–H and O–H groups in total. The predicted molar refractivity (Wildman–Crippen MR) is 80.0 cm³/mol. The number of carboxylic acids is 1. The quantitative estimate of drug-likeness (QED) is 0.900. The minimum absolute atomic E-state index is 0.181. The lowest BCUT2D eigenvalue weighted by molar-refractivity contribution is -0.141. The third kappa shape index (κ3) is 3.12. The van der Waals surface area contributed by atoms with Crippen LogP contribution in [0.4, 0.5) is 14.9 Å². The minimum atomic E-state index is -1.02. The van der Waals surface area contributed by atoms with Gasteiger partial charge < -0.3 is 10.4 Å². The van der Waals surface area contributed by atoms with Gasteiger partial charge in [-0.05, 0) is 25.5 Å². The number of amides is 2. The van der Waals surface area contributed by atoms with Gasteiger partial charge in [0.05, 0.1) is 5.37 Å². The van der Waals surface area contributed by atoms with Gasteiger partial charge in [0.1, 0.15) is 11.9 Å². The van der Waals surface area contributed by atoms with Gasteiger partial charge in [-0.2, -0.15) is 0 Å². The van der Waals surface area contributed by atoms with Crippen LogP contribution in [-0.4, -0.2) is 39.2 Å². The van der Waals surface area contributed by atoms with E-state index in [0.717, 1.165) is 0 Å². The Labute approximate surface area is 126 Å². The number of carboxylic acid groups (broad SMARTS) is 1. The first kappa shape index (κ1) is 15.6. The van der Waals surface area contributed by atoms with E-state index in [2.05, 4.69) is 5.32 Å². The highest BCUT2D eigenvalue weighted by atomic mass is 32.2. The van der Waals surface area contributed by atoms with Crippen molar-refractivity contribution in [2.45, 2.75) is 31.7 Å². The maximum atomic E-state index is 13.5. The average Bonchev–Trinajstić information content (AvgIpc) is 2.88. The van der Waals surface area contributed by atoms with Gasteiger partial charge in [0.25, 0.3) is 0 Å². The van der Waals surface area contributed by atoms with Crippen LogP contribution in [0.3, 0.4) is 0 Å². The molecule has 5 nitrogen and oxygen atoms in total. The van der Waals surface area contributed by atoms with Crippen LogP contribution in [0.15, 0.2) is 18.2 Å². The molecule has 0 saturated carbocycles. The molecular weight excluding hydrogens is 295 g/mol. The lowest BCUT2D eigenvalue weighted by atomic mass is 10.2. The first-order valence-electron chi connectivity index (χ1n) is 6.64. The summed E-state index contributed by atoms with van der Waals surface area (Å²) in [5.74, 6) is -1.07. The molecule has 1 heterocycles. The Morgan fingerprint density at radius 2 is 2.24 bits per heavy atom. The van der Waals surface area contributed by atoms with Crippen molar-refractivity contribution in [3.8, 4) is 0 Å². The van der Waals surface area contributed by atoms with E-state index >= 15 is 0 Å². The Morgan fingerprint density at radius 3 is 2.86 bits per heavy atom. The lowest BCUT2D eigenvalue weighted by Gasteiger charge is -2.27. The van der Waals surface area contributed by atoms with Gasteiger partial charge >= 0.3 is 12.0 Å². The van der Waals surface area contributed by atoms with E-state index in [1.807, 2.05) is 6.92 Å². The zero-order valence-corrected chi connectivity index (χ0v) is 12.6. The fourth-order valence-electron chi connectivity index (χ4n) is 2.26. The Bertz CT molecular complexity index is 567. The summed E-state index contributed by atoms with van der Waals surface area (Å²) in [5, 5.41) is 11.6. The predicted octanol–water partition coefficient (Wildman–Crippen LogP) is 2.90. The number of halogens is 1. The van der Waals surface area contributed by atoms with Gasteiger partial charge in [-0.15, -0.1) is 11.8 Å². The number of thioether (sulfide) groups is 1. The Kier molecular flexibility index (Phi) is 4.72. The van der Waals surface area contributed by atoms with Gasteiger partial charge in [-0.25, -0.2) is 14.0 Å². The van der Waals surface area contributed by atoms with Gasteiger partial charge in [0, 0.05) is 17.0 Å². The summed E-state index contributed by atoms with van der Waals surface area (Å²) in [7, 11) is 0. The van der Waals surface area contributed by atoms with Crippen molar-refractivity contribution in [2.24, 2.45) is 0 Å². The molecule has 1 aliphatic heterocycles. The van der Waals surface area contributed by atoms with E-state index in [1.54, 1.807) is 13.0 Å². The molecule has 0 bridgehead atoms. The highest BCUT2D eigenvalue weighted by Gasteiger charge is 2.40. The van der Waals surface area contributed by atoms with Crippen molar-refractivity contribution in [3.05, 3.63) is 29.6 Å². The molecule has 1 aromatic rings. The number of anilines is 1. The van der Waals surface area contributed by atoms with Crippen molar-refractivity contribution >= 4 is 29.4 Å². The largest absolute Gasteiger partial charge is 0.480 e. The molecule has 2 unspecified atom stereocenters. The highest BCUT2D eigenvalue weighted by Crippen LogP contribution is 2.32. The topological polar surface area (TPSA) is 69.6 Å². The number of urea groups is 1. The minimum Gasteiger partial charge on any atom is -0.480 e. The smallest absolute Gasteiger partial charge is 0.327 e. The van der Waals surface area contributed by atoms with Crippen molar-refractivity contribution in [1.29, 1.82) is 0 Å². The molecule has 0 radical (unpaired) electrons. The molecule has 7 heteroatoms. The molecule has 2 rings (SSSR count). The number of benzene rings is 1. The van der Waals surface area contributed by atoms with E-state index in [-0.39, 0.29) is 5.37 Å². The number of rotatable bonds is 3. The molecule has 0 spiro atoms. The van der Waals surface area contributed by atoms with Crippen LogP contribution in [0.5, 0.6) is 0 Å². The normalized spacial score (nSPS) is 21.4. The summed E-state index contributed by atoms with van der Waals surface area (Å²) < 4.78 is 13.5. The van der Waals surface area contributed by atoms with Crippen molar-refractivity contribution < 1.29 is 19.1 Å². The molecule has 1 aromatic carbocycles. The van der Waals surface area contributed by atoms with Crippen LogP contribution in [-0.2, 0) is 4.79 Å². The highest BCUT2D eigenvalue weighted by molar-refractivity contribution is 8.00. The number of hydrogen-bond acceptors (Lipinski definition) is 3. The number of carbonyl (C=O) groups is 2. The summed E-state index contributed by atoms with van der Waals surface area (Å²) in [4.78, 5) is 25.0.